The van der Waals surface area contributed by atoms with Crippen LogP contribution in [0, 0.1) is 5.92 Å². The van der Waals surface area contributed by atoms with Crippen LogP contribution >= 0.6 is 0 Å². The number of benzene rings is 1. The number of nitrogens with one attached hydrogen (secondary N) is 2. The van der Waals surface area contributed by atoms with Crippen LogP contribution in [0.4, 0.5) is 26.3 Å². The van der Waals surface area contributed by atoms with Crippen molar-refractivity contribution in [2.75, 3.05) is 13.2 Å². The van der Waals surface area contributed by atoms with Gasteiger partial charge in [0.15, 0.2) is 0 Å². The van der Waals surface area contributed by atoms with Crippen LogP contribution in [0.2, 0.25) is 0 Å². The number of hydrogen-bond acceptors (Lipinski definition) is 3. The molecule has 1 aliphatic carbocycles. The standard InChI is InChI=1S/C21H26F6N2O2/c1-12(14-7-15(20(22,23)24)9-16(8-14)21(25,26)27)31-11-19(2)6-5-17(10-28-19)29-18(30)13-3-4-13/h7-9,12-13,17,28H,3-6,10-11H2,1-2H3,(H,29,30)/t12-,17?,19-/m1/s1. The average molecular weight is 452 g/mol. The lowest BCUT2D eigenvalue weighted by atomic mass is 9.89. The van der Waals surface area contributed by atoms with E-state index in [1.807, 2.05) is 6.92 Å². The molecule has 1 aliphatic heterocycles. The van der Waals surface area contributed by atoms with Crippen LogP contribution in [0.1, 0.15) is 62.3 Å². The third-order valence-electron chi connectivity index (χ3n) is 5.85. The maximum atomic E-state index is 13.1. The monoisotopic (exact) mass is 452 g/mol. The predicted octanol–water partition coefficient (Wildman–Crippen LogP) is 4.84. The predicted molar refractivity (Wildman–Crippen MR) is 101 cm³/mol. The molecule has 4 nitrogen and oxygen atoms in total. The molecule has 3 rings (SSSR count). The van der Waals surface area contributed by atoms with Gasteiger partial charge in [-0.15, -0.1) is 0 Å². The highest BCUT2D eigenvalue weighted by Gasteiger charge is 2.38. The van der Waals surface area contributed by atoms with E-state index < -0.39 is 35.1 Å². The molecule has 1 aromatic carbocycles. The van der Waals surface area contributed by atoms with Gasteiger partial charge in [0.2, 0.25) is 5.91 Å². The van der Waals surface area contributed by atoms with E-state index in [0.717, 1.165) is 12.8 Å². The molecule has 0 radical (unpaired) electrons. The fraction of sp³-hybridized carbons (Fsp3) is 0.667. The molecule has 0 aromatic heterocycles. The van der Waals surface area contributed by atoms with Gasteiger partial charge in [-0.3, -0.25) is 4.79 Å². The summed E-state index contributed by atoms with van der Waals surface area (Å²) in [5.41, 5.74) is -3.40. The Morgan fingerprint density at radius 1 is 1.13 bits per heavy atom. The molecule has 31 heavy (non-hydrogen) atoms. The Labute approximate surface area is 176 Å². The zero-order valence-corrected chi connectivity index (χ0v) is 17.3. The number of alkyl halides is 6. The van der Waals surface area contributed by atoms with Gasteiger partial charge in [-0.2, -0.15) is 26.3 Å². The van der Waals surface area contributed by atoms with Crippen molar-refractivity contribution in [2.45, 2.75) is 69.6 Å². The SMILES string of the molecule is C[C@@H](OC[C@@]1(C)CCC(NC(=O)C2CC2)CN1)c1cc(C(F)(F)F)cc(C(F)(F)F)c1. The number of carbonyl (C=O) groups excluding carboxylic acids is 1. The van der Waals surface area contributed by atoms with Crippen molar-refractivity contribution >= 4 is 5.91 Å². The summed E-state index contributed by atoms with van der Waals surface area (Å²) in [6, 6.07) is 1.49. The number of rotatable bonds is 6. The number of hydrogen-bond donors (Lipinski definition) is 2. The van der Waals surface area contributed by atoms with Gasteiger partial charge in [0.25, 0.3) is 0 Å². The largest absolute Gasteiger partial charge is 0.416 e. The molecule has 1 unspecified atom stereocenters. The minimum atomic E-state index is -4.90. The van der Waals surface area contributed by atoms with Crippen LogP contribution in [0.15, 0.2) is 18.2 Å². The maximum absolute atomic E-state index is 13.1. The number of piperidine rings is 1. The quantitative estimate of drug-likeness (QED) is 0.608. The van der Waals surface area contributed by atoms with Crippen molar-refractivity contribution in [2.24, 2.45) is 5.92 Å². The highest BCUT2D eigenvalue weighted by atomic mass is 19.4. The first-order valence-corrected chi connectivity index (χ1v) is 10.2. The van der Waals surface area contributed by atoms with Gasteiger partial charge in [-0.1, -0.05) is 0 Å². The highest BCUT2D eigenvalue weighted by molar-refractivity contribution is 5.81. The molecule has 1 heterocycles. The molecule has 1 saturated heterocycles. The van der Waals surface area contributed by atoms with E-state index >= 15 is 0 Å². The van der Waals surface area contributed by atoms with Crippen molar-refractivity contribution in [3.05, 3.63) is 34.9 Å². The number of carbonyl (C=O) groups is 1. The first kappa shape index (κ1) is 23.8. The maximum Gasteiger partial charge on any atom is 0.416 e. The lowest BCUT2D eigenvalue weighted by Gasteiger charge is -2.39. The van der Waals surface area contributed by atoms with Crippen LogP contribution in [-0.4, -0.2) is 30.6 Å². The molecule has 3 atom stereocenters. The van der Waals surface area contributed by atoms with E-state index in [1.54, 1.807) is 0 Å². The fourth-order valence-electron chi connectivity index (χ4n) is 3.58. The summed E-state index contributed by atoms with van der Waals surface area (Å²) in [6.07, 6.45) is -7.57. The molecular formula is C21H26F6N2O2. The summed E-state index contributed by atoms with van der Waals surface area (Å²) >= 11 is 0. The lowest BCUT2D eigenvalue weighted by Crippen LogP contribution is -2.57. The lowest BCUT2D eigenvalue weighted by molar-refractivity contribution is -0.143. The average Bonchev–Trinajstić information content (AvgIpc) is 3.52. The minimum Gasteiger partial charge on any atom is -0.372 e. The molecule has 10 heteroatoms. The van der Waals surface area contributed by atoms with Gasteiger partial charge < -0.3 is 15.4 Å². The van der Waals surface area contributed by atoms with Gasteiger partial charge in [0.1, 0.15) is 0 Å². The summed E-state index contributed by atoms with van der Waals surface area (Å²) in [5.74, 6) is 0.178. The molecule has 1 saturated carbocycles. The third kappa shape index (κ3) is 6.35. The number of halogens is 6. The Morgan fingerprint density at radius 3 is 2.16 bits per heavy atom. The Bertz CT molecular complexity index is 764. The van der Waals surface area contributed by atoms with E-state index in [1.165, 1.54) is 6.92 Å². The van der Waals surface area contributed by atoms with E-state index in [2.05, 4.69) is 10.6 Å². The van der Waals surface area contributed by atoms with Gasteiger partial charge >= 0.3 is 12.4 Å². The Hall–Kier alpha value is -1.81. The molecule has 2 aliphatic rings. The van der Waals surface area contributed by atoms with Crippen LogP contribution in [0.5, 0.6) is 0 Å². The van der Waals surface area contributed by atoms with Crippen LogP contribution in [0.25, 0.3) is 0 Å². The smallest absolute Gasteiger partial charge is 0.372 e. The second kappa shape index (κ2) is 8.61. The normalized spacial score (nSPS) is 25.9. The topological polar surface area (TPSA) is 50.4 Å². The van der Waals surface area contributed by atoms with Gasteiger partial charge in [0, 0.05) is 24.0 Å². The minimum absolute atomic E-state index is 0.00332. The number of amides is 1. The first-order valence-electron chi connectivity index (χ1n) is 10.2. The fourth-order valence-corrected chi connectivity index (χ4v) is 3.58. The van der Waals surface area contributed by atoms with Crippen LogP contribution < -0.4 is 10.6 Å². The van der Waals surface area contributed by atoms with Gasteiger partial charge in [-0.05, 0) is 63.3 Å². The zero-order chi connectivity index (χ0) is 23.0. The molecule has 0 spiro atoms. The third-order valence-corrected chi connectivity index (χ3v) is 5.85. The molecule has 1 amide bonds. The van der Waals surface area contributed by atoms with Gasteiger partial charge in [-0.25, -0.2) is 0 Å². The summed E-state index contributed by atoms with van der Waals surface area (Å²) in [6.45, 7) is 3.94. The van der Waals surface area contributed by atoms with Crippen LogP contribution in [-0.2, 0) is 21.9 Å². The van der Waals surface area contributed by atoms with Crippen molar-refractivity contribution in [1.29, 1.82) is 0 Å². The summed E-state index contributed by atoms with van der Waals surface area (Å²) in [5, 5.41) is 6.28. The highest BCUT2D eigenvalue weighted by Crippen LogP contribution is 2.38. The molecule has 2 fully saturated rings. The van der Waals surface area contributed by atoms with Crippen LogP contribution in [0.3, 0.4) is 0 Å². The van der Waals surface area contributed by atoms with Crippen molar-refractivity contribution in [1.82, 2.24) is 10.6 Å². The Balaban J connectivity index is 1.61. The molecule has 174 valence electrons. The Kier molecular flexibility index (Phi) is 6.63. The summed E-state index contributed by atoms with van der Waals surface area (Å²) < 4.78 is 84.1. The van der Waals surface area contributed by atoms with E-state index in [-0.39, 0.29) is 36.1 Å². The first-order chi connectivity index (χ1) is 14.3. The van der Waals surface area contributed by atoms with E-state index in [0.29, 0.717) is 31.5 Å². The van der Waals surface area contributed by atoms with E-state index in [9.17, 15) is 31.1 Å². The second-order valence-electron chi connectivity index (χ2n) is 8.75. The second-order valence-corrected chi connectivity index (χ2v) is 8.75. The summed E-state index contributed by atoms with van der Waals surface area (Å²) in [7, 11) is 0. The molecule has 1 aromatic rings. The zero-order valence-electron chi connectivity index (χ0n) is 17.3. The molecule has 2 N–H and O–H groups in total. The molecular weight excluding hydrogens is 426 g/mol. The van der Waals surface area contributed by atoms with Gasteiger partial charge in [0.05, 0.1) is 23.8 Å². The van der Waals surface area contributed by atoms with E-state index in [4.69, 9.17) is 4.74 Å². The Morgan fingerprint density at radius 2 is 1.71 bits per heavy atom. The number of ether oxygens (including phenoxy) is 1. The van der Waals surface area contributed by atoms with Crippen molar-refractivity contribution < 1.29 is 35.9 Å². The van der Waals surface area contributed by atoms with Crippen molar-refractivity contribution in [3.8, 4) is 0 Å². The summed E-state index contributed by atoms with van der Waals surface area (Å²) in [4.78, 5) is 11.9. The van der Waals surface area contributed by atoms with Crippen molar-refractivity contribution in [3.63, 3.8) is 0 Å². The molecule has 0 bridgehead atoms.